The van der Waals surface area contributed by atoms with Crippen molar-refractivity contribution < 1.29 is 14.7 Å². The summed E-state index contributed by atoms with van der Waals surface area (Å²) in [5.41, 5.74) is 0.450. The number of aromatic nitrogens is 1. The lowest BCUT2D eigenvalue weighted by Gasteiger charge is -2.32. The van der Waals surface area contributed by atoms with Gasteiger partial charge in [-0.05, 0) is 31.5 Å². The molecule has 1 aromatic rings. The van der Waals surface area contributed by atoms with E-state index in [9.17, 15) is 9.59 Å². The highest BCUT2D eigenvalue weighted by atomic mass is 16.4. The van der Waals surface area contributed by atoms with E-state index in [1.54, 1.807) is 24.4 Å². The summed E-state index contributed by atoms with van der Waals surface area (Å²) in [7, 11) is 0. The summed E-state index contributed by atoms with van der Waals surface area (Å²) in [6.07, 6.45) is 4.53. The summed E-state index contributed by atoms with van der Waals surface area (Å²) in [5, 5.41) is 9.15. The molecule has 0 aromatic carbocycles. The van der Waals surface area contributed by atoms with Crippen molar-refractivity contribution in [1.29, 1.82) is 0 Å². The molecule has 1 aromatic heterocycles. The summed E-state index contributed by atoms with van der Waals surface area (Å²) in [6, 6.07) is 4.79. The molecular weight excluding hydrogens is 244 g/mol. The predicted octanol–water partition coefficient (Wildman–Crippen LogP) is 1.59. The number of likely N-dealkylation sites (tertiary alicyclic amines) is 1. The van der Waals surface area contributed by atoms with Crippen molar-refractivity contribution in [2.75, 3.05) is 13.1 Å². The zero-order chi connectivity index (χ0) is 13.7. The minimum Gasteiger partial charge on any atom is -0.480 e. The van der Waals surface area contributed by atoms with Crippen molar-refractivity contribution in [2.45, 2.75) is 31.7 Å². The van der Waals surface area contributed by atoms with Crippen molar-refractivity contribution >= 4 is 11.8 Å². The number of ketones is 1. The third-order valence-electron chi connectivity index (χ3n) is 3.48. The molecule has 2 rings (SSSR count). The maximum atomic E-state index is 11.9. The average Bonchev–Trinajstić information content (AvgIpc) is 2.46. The van der Waals surface area contributed by atoms with E-state index in [1.165, 1.54) is 0 Å². The van der Waals surface area contributed by atoms with Crippen molar-refractivity contribution in [3.8, 4) is 0 Å². The molecule has 19 heavy (non-hydrogen) atoms. The van der Waals surface area contributed by atoms with Gasteiger partial charge in [-0.1, -0.05) is 12.5 Å². The molecule has 0 bridgehead atoms. The van der Waals surface area contributed by atoms with E-state index < -0.39 is 12.0 Å². The van der Waals surface area contributed by atoms with E-state index in [-0.39, 0.29) is 5.78 Å². The summed E-state index contributed by atoms with van der Waals surface area (Å²) in [5.74, 6) is -0.819. The number of nitrogens with zero attached hydrogens (tertiary/aromatic N) is 2. The Balaban J connectivity index is 1.90. The van der Waals surface area contributed by atoms with Gasteiger partial charge in [0.2, 0.25) is 0 Å². The molecule has 5 nitrogen and oxygen atoms in total. The Morgan fingerprint density at radius 3 is 2.89 bits per heavy atom. The second-order valence-corrected chi connectivity index (χ2v) is 4.77. The maximum Gasteiger partial charge on any atom is 0.320 e. The fourth-order valence-electron chi connectivity index (χ4n) is 2.44. The van der Waals surface area contributed by atoms with Crippen LogP contribution in [0.5, 0.6) is 0 Å². The zero-order valence-corrected chi connectivity index (χ0v) is 10.8. The van der Waals surface area contributed by atoms with Gasteiger partial charge in [0, 0.05) is 19.2 Å². The molecule has 2 heterocycles. The van der Waals surface area contributed by atoms with Gasteiger partial charge in [-0.3, -0.25) is 19.5 Å². The Hall–Kier alpha value is -1.75. The van der Waals surface area contributed by atoms with Gasteiger partial charge in [0.25, 0.3) is 0 Å². The molecule has 0 radical (unpaired) electrons. The highest BCUT2D eigenvalue weighted by molar-refractivity contribution is 5.94. The summed E-state index contributed by atoms with van der Waals surface area (Å²) in [4.78, 5) is 29.0. The van der Waals surface area contributed by atoms with E-state index in [0.717, 1.165) is 19.4 Å². The fraction of sp³-hybridized carbons (Fsp3) is 0.500. The summed E-state index contributed by atoms with van der Waals surface area (Å²) >= 11 is 0. The van der Waals surface area contributed by atoms with Crippen LogP contribution in [0, 0.1) is 0 Å². The van der Waals surface area contributed by atoms with E-state index in [4.69, 9.17) is 5.11 Å². The molecule has 1 saturated heterocycles. The number of Topliss-reactive ketones (excluding diaryl/α,β-unsaturated/α-hetero) is 1. The number of hydrogen-bond donors (Lipinski definition) is 1. The first-order chi connectivity index (χ1) is 9.18. The number of piperidine rings is 1. The summed E-state index contributed by atoms with van der Waals surface area (Å²) < 4.78 is 0. The second kappa shape index (κ2) is 6.43. The Morgan fingerprint density at radius 2 is 2.21 bits per heavy atom. The normalized spacial score (nSPS) is 20.1. The Bertz CT molecular complexity index is 447. The van der Waals surface area contributed by atoms with Crippen LogP contribution in [0.1, 0.15) is 36.2 Å². The molecule has 0 aliphatic carbocycles. The lowest BCUT2D eigenvalue weighted by Crippen LogP contribution is -2.45. The summed E-state index contributed by atoms with van der Waals surface area (Å²) in [6.45, 7) is 1.25. The first-order valence-electron chi connectivity index (χ1n) is 6.59. The topological polar surface area (TPSA) is 70.5 Å². The molecule has 1 aliphatic heterocycles. The van der Waals surface area contributed by atoms with Crippen LogP contribution in [-0.2, 0) is 4.79 Å². The monoisotopic (exact) mass is 262 g/mol. The first-order valence-corrected chi connectivity index (χ1v) is 6.59. The van der Waals surface area contributed by atoms with Gasteiger partial charge < -0.3 is 5.11 Å². The third-order valence-corrected chi connectivity index (χ3v) is 3.48. The lowest BCUT2D eigenvalue weighted by molar-refractivity contribution is -0.144. The molecule has 1 unspecified atom stereocenters. The minimum atomic E-state index is -0.787. The quantitative estimate of drug-likeness (QED) is 0.816. The maximum absolute atomic E-state index is 11.9. The average molecular weight is 262 g/mol. The van der Waals surface area contributed by atoms with Crippen LogP contribution < -0.4 is 0 Å². The molecule has 5 heteroatoms. The minimum absolute atomic E-state index is 0.0321. The third kappa shape index (κ3) is 3.61. The van der Waals surface area contributed by atoms with Crippen LogP contribution in [0.4, 0.5) is 0 Å². The van der Waals surface area contributed by atoms with Crippen molar-refractivity contribution in [1.82, 2.24) is 9.88 Å². The number of hydrogen-bond acceptors (Lipinski definition) is 4. The Kier molecular flexibility index (Phi) is 4.63. The predicted molar refractivity (Wildman–Crippen MR) is 70.0 cm³/mol. The fourth-order valence-corrected chi connectivity index (χ4v) is 2.44. The largest absolute Gasteiger partial charge is 0.480 e. The van der Waals surface area contributed by atoms with Crippen LogP contribution in [0.3, 0.4) is 0 Å². The van der Waals surface area contributed by atoms with E-state index >= 15 is 0 Å². The number of carboxylic acids is 1. The van der Waals surface area contributed by atoms with E-state index in [1.807, 2.05) is 4.90 Å². The van der Waals surface area contributed by atoms with Gasteiger partial charge in [-0.25, -0.2) is 0 Å². The molecular formula is C14H18N2O3. The number of rotatable bonds is 5. The highest BCUT2D eigenvalue weighted by Gasteiger charge is 2.28. The smallest absolute Gasteiger partial charge is 0.320 e. The van der Waals surface area contributed by atoms with Crippen LogP contribution >= 0.6 is 0 Å². The molecule has 1 N–H and O–H groups in total. The van der Waals surface area contributed by atoms with Crippen LogP contribution in [-0.4, -0.2) is 45.9 Å². The number of carbonyl (C=O) groups is 2. The molecule has 1 fully saturated rings. The zero-order valence-electron chi connectivity index (χ0n) is 10.8. The van der Waals surface area contributed by atoms with Crippen molar-refractivity contribution in [2.24, 2.45) is 0 Å². The van der Waals surface area contributed by atoms with Crippen LogP contribution in [0.25, 0.3) is 0 Å². The lowest BCUT2D eigenvalue weighted by atomic mass is 10.0. The number of carboxylic acid groups (broad SMARTS) is 1. The highest BCUT2D eigenvalue weighted by Crippen LogP contribution is 2.17. The van der Waals surface area contributed by atoms with E-state index in [2.05, 4.69) is 4.98 Å². The van der Waals surface area contributed by atoms with Gasteiger partial charge in [-0.2, -0.15) is 0 Å². The van der Waals surface area contributed by atoms with Gasteiger partial charge in [0.1, 0.15) is 11.7 Å². The van der Waals surface area contributed by atoms with E-state index in [0.29, 0.717) is 25.1 Å². The number of pyridine rings is 1. The SMILES string of the molecule is O=C(CCN1CCCCC1C(=O)O)c1ccccn1. The number of aliphatic carboxylic acids is 1. The van der Waals surface area contributed by atoms with Gasteiger partial charge >= 0.3 is 5.97 Å². The molecule has 0 saturated carbocycles. The van der Waals surface area contributed by atoms with Gasteiger partial charge in [0.05, 0.1) is 0 Å². The van der Waals surface area contributed by atoms with Gasteiger partial charge in [0.15, 0.2) is 5.78 Å². The van der Waals surface area contributed by atoms with Gasteiger partial charge in [-0.15, -0.1) is 0 Å². The molecule has 1 aliphatic rings. The molecule has 1 atom stereocenters. The first kappa shape index (κ1) is 13.7. The van der Waals surface area contributed by atoms with Crippen molar-refractivity contribution in [3.05, 3.63) is 30.1 Å². The molecule has 0 amide bonds. The second-order valence-electron chi connectivity index (χ2n) is 4.77. The molecule has 102 valence electrons. The Labute approximate surface area is 112 Å². The molecule has 0 spiro atoms. The number of carbonyl (C=O) groups excluding carboxylic acids is 1. The van der Waals surface area contributed by atoms with Crippen LogP contribution in [0.15, 0.2) is 24.4 Å². The Morgan fingerprint density at radius 1 is 1.37 bits per heavy atom. The van der Waals surface area contributed by atoms with Crippen molar-refractivity contribution in [3.63, 3.8) is 0 Å². The van der Waals surface area contributed by atoms with Crippen LogP contribution in [0.2, 0.25) is 0 Å². The standard InChI is InChI=1S/C14H18N2O3/c17-13(11-5-1-3-8-15-11)7-10-16-9-4-2-6-12(16)14(18)19/h1,3,5,8,12H,2,4,6-7,9-10H2,(H,18,19).